The van der Waals surface area contributed by atoms with E-state index in [1.807, 2.05) is 18.4 Å². The zero-order chi connectivity index (χ0) is 14.0. The van der Waals surface area contributed by atoms with Gasteiger partial charge in [0.05, 0.1) is 12.1 Å². The minimum Gasteiger partial charge on any atom is -0.336 e. The van der Waals surface area contributed by atoms with Crippen molar-refractivity contribution in [3.05, 3.63) is 57.0 Å². The molecule has 2 aromatic rings. The molecule has 2 rings (SSSR count). The molecule has 19 heavy (non-hydrogen) atoms. The highest BCUT2D eigenvalue weighted by Crippen LogP contribution is 2.19. The van der Waals surface area contributed by atoms with Crippen LogP contribution in [-0.4, -0.2) is 17.9 Å². The number of carbonyl (C=O) groups is 1. The Morgan fingerprint density at radius 3 is 2.63 bits per heavy atom. The average molecular weight is 277 g/mol. The lowest BCUT2D eigenvalue weighted by molar-refractivity contribution is 0.0781. The molecule has 0 unspecified atom stereocenters. The second kappa shape index (κ2) is 5.53. The van der Waals surface area contributed by atoms with Gasteiger partial charge in [-0.3, -0.25) is 4.79 Å². The smallest absolute Gasteiger partial charge is 0.256 e. The first-order valence-electron chi connectivity index (χ1n) is 6.04. The van der Waals surface area contributed by atoms with E-state index in [9.17, 15) is 9.18 Å². The van der Waals surface area contributed by atoms with E-state index in [0.717, 1.165) is 10.4 Å². The van der Waals surface area contributed by atoms with Crippen molar-refractivity contribution < 1.29 is 9.18 Å². The van der Waals surface area contributed by atoms with E-state index in [0.29, 0.717) is 12.1 Å². The number of aryl methyl sites for hydroxylation is 2. The van der Waals surface area contributed by atoms with Gasteiger partial charge in [0.25, 0.3) is 5.91 Å². The lowest BCUT2D eigenvalue weighted by Crippen LogP contribution is -2.27. The summed E-state index contributed by atoms with van der Waals surface area (Å²) in [4.78, 5) is 14.9. The van der Waals surface area contributed by atoms with Gasteiger partial charge >= 0.3 is 0 Å². The average Bonchev–Trinajstić information content (AvgIpc) is 2.77. The Kier molecular flexibility index (Phi) is 4.00. The van der Waals surface area contributed by atoms with Crippen LogP contribution in [0, 0.1) is 19.7 Å². The molecule has 0 N–H and O–H groups in total. The minimum atomic E-state index is -0.428. The van der Waals surface area contributed by atoms with E-state index in [-0.39, 0.29) is 11.5 Å². The number of rotatable bonds is 3. The lowest BCUT2D eigenvalue weighted by atomic mass is 10.1. The van der Waals surface area contributed by atoms with Gasteiger partial charge in [-0.2, -0.15) is 0 Å². The maximum absolute atomic E-state index is 13.9. The monoisotopic (exact) mass is 277 g/mol. The number of amides is 1. The van der Waals surface area contributed by atoms with Crippen molar-refractivity contribution in [1.82, 2.24) is 4.90 Å². The Balaban J connectivity index is 2.20. The number of thiophene rings is 1. The van der Waals surface area contributed by atoms with Gasteiger partial charge in [-0.1, -0.05) is 12.1 Å². The third-order valence-corrected chi connectivity index (χ3v) is 4.13. The molecule has 1 aromatic heterocycles. The van der Waals surface area contributed by atoms with Gasteiger partial charge in [0.2, 0.25) is 0 Å². The Labute approximate surface area is 116 Å². The number of hydrogen-bond acceptors (Lipinski definition) is 2. The van der Waals surface area contributed by atoms with Crippen LogP contribution in [-0.2, 0) is 6.54 Å². The summed E-state index contributed by atoms with van der Waals surface area (Å²) in [5.41, 5.74) is 1.79. The van der Waals surface area contributed by atoms with Crippen LogP contribution in [0.5, 0.6) is 0 Å². The fraction of sp³-hybridized carbons (Fsp3) is 0.267. The van der Waals surface area contributed by atoms with Crippen molar-refractivity contribution >= 4 is 17.2 Å². The Morgan fingerprint density at radius 1 is 1.26 bits per heavy atom. The second-order valence-corrected chi connectivity index (χ2v) is 5.63. The van der Waals surface area contributed by atoms with Crippen LogP contribution in [0.15, 0.2) is 29.6 Å². The van der Waals surface area contributed by atoms with Crippen LogP contribution in [0.25, 0.3) is 0 Å². The Bertz CT molecular complexity index is 606. The molecule has 0 radical (unpaired) electrons. The highest BCUT2D eigenvalue weighted by Gasteiger charge is 2.18. The van der Waals surface area contributed by atoms with Crippen LogP contribution in [0.4, 0.5) is 4.39 Å². The molecular weight excluding hydrogens is 261 g/mol. The topological polar surface area (TPSA) is 20.3 Å². The van der Waals surface area contributed by atoms with Gasteiger partial charge in [0, 0.05) is 11.9 Å². The molecule has 1 aromatic carbocycles. The van der Waals surface area contributed by atoms with Crippen molar-refractivity contribution in [3.8, 4) is 0 Å². The van der Waals surface area contributed by atoms with Gasteiger partial charge in [-0.15, -0.1) is 11.3 Å². The number of carbonyl (C=O) groups excluding carboxylic acids is 1. The minimum absolute atomic E-state index is 0.136. The Hall–Kier alpha value is -1.68. The number of halogens is 1. The molecule has 0 bridgehead atoms. The summed E-state index contributed by atoms with van der Waals surface area (Å²) in [7, 11) is 1.70. The first kappa shape index (κ1) is 13.7. The molecule has 0 saturated carbocycles. The number of benzene rings is 1. The highest BCUT2D eigenvalue weighted by atomic mass is 32.1. The molecule has 4 heteroatoms. The van der Waals surface area contributed by atoms with Gasteiger partial charge in [-0.05, 0) is 42.5 Å². The normalized spacial score (nSPS) is 10.5. The van der Waals surface area contributed by atoms with E-state index >= 15 is 0 Å². The van der Waals surface area contributed by atoms with E-state index in [1.54, 1.807) is 42.3 Å². The molecule has 0 spiro atoms. The van der Waals surface area contributed by atoms with Gasteiger partial charge in [0.1, 0.15) is 5.82 Å². The first-order chi connectivity index (χ1) is 9.00. The van der Waals surface area contributed by atoms with Crippen LogP contribution in [0.1, 0.15) is 26.4 Å². The summed E-state index contributed by atoms with van der Waals surface area (Å²) in [5.74, 6) is -0.712. The summed E-state index contributed by atoms with van der Waals surface area (Å²) in [6.07, 6.45) is 0. The van der Waals surface area contributed by atoms with Crippen molar-refractivity contribution in [2.24, 2.45) is 0 Å². The fourth-order valence-corrected chi connectivity index (χ4v) is 2.83. The predicted octanol–water partition coefficient (Wildman–Crippen LogP) is 3.78. The third kappa shape index (κ3) is 2.84. The van der Waals surface area contributed by atoms with Gasteiger partial charge in [-0.25, -0.2) is 4.39 Å². The molecule has 0 aliphatic rings. The van der Waals surface area contributed by atoms with Crippen molar-refractivity contribution in [2.75, 3.05) is 7.05 Å². The second-order valence-electron chi connectivity index (χ2n) is 4.62. The van der Waals surface area contributed by atoms with Gasteiger partial charge < -0.3 is 4.90 Å². The molecule has 1 heterocycles. The summed E-state index contributed by atoms with van der Waals surface area (Å²) in [6.45, 7) is 4.18. The van der Waals surface area contributed by atoms with E-state index in [1.165, 1.54) is 6.07 Å². The summed E-state index contributed by atoms with van der Waals surface area (Å²) >= 11 is 1.61. The van der Waals surface area contributed by atoms with Crippen molar-refractivity contribution in [1.29, 1.82) is 0 Å². The molecule has 100 valence electrons. The molecule has 1 amide bonds. The van der Waals surface area contributed by atoms with E-state index in [4.69, 9.17) is 0 Å². The standard InChI is InChI=1S/C15H16FNOS/c1-10-7-8-19-13(10)9-17(3)15(18)12-6-4-5-11(2)14(12)16/h4-8H,9H2,1-3H3. The van der Waals surface area contributed by atoms with Crippen LogP contribution in [0.3, 0.4) is 0 Å². The summed E-state index contributed by atoms with van der Waals surface area (Å²) < 4.78 is 13.9. The molecule has 0 fully saturated rings. The number of nitrogens with zero attached hydrogens (tertiary/aromatic N) is 1. The van der Waals surface area contributed by atoms with Crippen molar-refractivity contribution in [2.45, 2.75) is 20.4 Å². The SMILES string of the molecule is Cc1ccsc1CN(C)C(=O)c1cccc(C)c1F. The van der Waals surface area contributed by atoms with Gasteiger partial charge in [0.15, 0.2) is 0 Å². The molecule has 0 saturated heterocycles. The summed E-state index contributed by atoms with van der Waals surface area (Å²) in [6, 6.07) is 6.92. The zero-order valence-corrected chi connectivity index (χ0v) is 12.1. The fourth-order valence-electron chi connectivity index (χ4n) is 1.87. The van der Waals surface area contributed by atoms with Crippen molar-refractivity contribution in [3.63, 3.8) is 0 Å². The maximum atomic E-state index is 13.9. The molecule has 2 nitrogen and oxygen atoms in total. The quantitative estimate of drug-likeness (QED) is 0.836. The Morgan fingerprint density at radius 2 is 2.00 bits per heavy atom. The van der Waals surface area contributed by atoms with E-state index in [2.05, 4.69) is 0 Å². The number of hydrogen-bond donors (Lipinski definition) is 0. The molecular formula is C15H16FNOS. The highest BCUT2D eigenvalue weighted by molar-refractivity contribution is 7.10. The largest absolute Gasteiger partial charge is 0.336 e. The predicted molar refractivity (Wildman–Crippen MR) is 76.0 cm³/mol. The maximum Gasteiger partial charge on any atom is 0.256 e. The van der Waals surface area contributed by atoms with Crippen LogP contribution >= 0.6 is 11.3 Å². The van der Waals surface area contributed by atoms with Crippen LogP contribution < -0.4 is 0 Å². The summed E-state index contributed by atoms with van der Waals surface area (Å²) in [5, 5.41) is 2.00. The van der Waals surface area contributed by atoms with Crippen LogP contribution in [0.2, 0.25) is 0 Å². The zero-order valence-electron chi connectivity index (χ0n) is 11.2. The third-order valence-electron chi connectivity index (χ3n) is 3.12. The molecule has 0 aliphatic carbocycles. The lowest BCUT2D eigenvalue weighted by Gasteiger charge is -2.17. The molecule has 0 atom stereocenters. The van der Waals surface area contributed by atoms with E-state index < -0.39 is 5.82 Å². The first-order valence-corrected chi connectivity index (χ1v) is 6.92. The molecule has 0 aliphatic heterocycles.